The van der Waals surface area contributed by atoms with Crippen molar-refractivity contribution < 1.29 is 4.74 Å². The lowest BCUT2D eigenvalue weighted by Crippen LogP contribution is -2.54. The van der Waals surface area contributed by atoms with Crippen molar-refractivity contribution in [3.8, 4) is 0 Å². The molecule has 2 aliphatic heterocycles. The van der Waals surface area contributed by atoms with Gasteiger partial charge in [-0.3, -0.25) is 4.90 Å². The summed E-state index contributed by atoms with van der Waals surface area (Å²) in [4.78, 5) is 2.59. The molecule has 2 heterocycles. The van der Waals surface area contributed by atoms with E-state index >= 15 is 0 Å². The Bertz CT molecular complexity index is 232. The summed E-state index contributed by atoms with van der Waals surface area (Å²) >= 11 is 0. The summed E-state index contributed by atoms with van der Waals surface area (Å²) in [6.45, 7) is 4.42. The van der Waals surface area contributed by atoms with Crippen LogP contribution >= 0.6 is 0 Å². The van der Waals surface area contributed by atoms with Gasteiger partial charge in [0.2, 0.25) is 0 Å². The second kappa shape index (κ2) is 4.04. The van der Waals surface area contributed by atoms with Crippen LogP contribution in [0, 0.1) is 11.8 Å². The Balaban J connectivity index is 1.54. The van der Waals surface area contributed by atoms with E-state index in [0.717, 1.165) is 25.0 Å². The van der Waals surface area contributed by atoms with Crippen molar-refractivity contribution in [3.05, 3.63) is 0 Å². The molecule has 4 atom stereocenters. The van der Waals surface area contributed by atoms with Gasteiger partial charge in [0, 0.05) is 25.7 Å². The van der Waals surface area contributed by atoms with Crippen LogP contribution in [0.15, 0.2) is 0 Å². The number of ether oxygens (including phenoxy) is 1. The van der Waals surface area contributed by atoms with Crippen molar-refractivity contribution in [1.82, 2.24) is 4.90 Å². The molecule has 0 aromatic rings. The van der Waals surface area contributed by atoms with E-state index < -0.39 is 0 Å². The zero-order valence-corrected chi connectivity index (χ0v) is 9.40. The zero-order chi connectivity index (χ0) is 10.3. The van der Waals surface area contributed by atoms with Gasteiger partial charge >= 0.3 is 0 Å². The molecule has 2 saturated heterocycles. The maximum atomic E-state index is 5.75. The molecule has 15 heavy (non-hydrogen) atoms. The third kappa shape index (κ3) is 1.81. The van der Waals surface area contributed by atoms with Crippen molar-refractivity contribution in [2.24, 2.45) is 17.6 Å². The Morgan fingerprint density at radius 2 is 2.20 bits per heavy atom. The van der Waals surface area contributed by atoms with Crippen molar-refractivity contribution >= 4 is 0 Å². The molecule has 3 fully saturated rings. The van der Waals surface area contributed by atoms with Crippen LogP contribution in [0.25, 0.3) is 0 Å². The predicted octanol–water partition coefficient (Wildman–Crippen LogP) is 0.834. The van der Waals surface area contributed by atoms with Crippen LogP contribution < -0.4 is 5.73 Å². The lowest BCUT2D eigenvalue weighted by atomic mass is 9.79. The standard InChI is InChI=1S/C12H22N2O/c13-6-11-3-4-14(11)7-9-1-2-12-5-10(9)8-15-12/h9-12H,1-8,13H2. The summed E-state index contributed by atoms with van der Waals surface area (Å²) in [5, 5.41) is 0. The van der Waals surface area contributed by atoms with Gasteiger partial charge in [0.25, 0.3) is 0 Å². The summed E-state index contributed by atoms with van der Waals surface area (Å²) in [6.07, 6.45) is 5.91. The van der Waals surface area contributed by atoms with E-state index in [1.54, 1.807) is 0 Å². The highest BCUT2D eigenvalue weighted by atomic mass is 16.5. The van der Waals surface area contributed by atoms with E-state index in [9.17, 15) is 0 Å². The molecule has 2 bridgehead atoms. The first-order valence-corrected chi connectivity index (χ1v) is 6.42. The lowest BCUT2D eigenvalue weighted by molar-refractivity contribution is 0.0573. The maximum absolute atomic E-state index is 5.75. The smallest absolute Gasteiger partial charge is 0.0579 e. The van der Waals surface area contributed by atoms with Crippen molar-refractivity contribution in [3.63, 3.8) is 0 Å². The minimum atomic E-state index is 0.605. The van der Waals surface area contributed by atoms with E-state index in [1.807, 2.05) is 0 Å². The largest absolute Gasteiger partial charge is 0.378 e. The summed E-state index contributed by atoms with van der Waals surface area (Å²) in [5.74, 6) is 1.74. The maximum Gasteiger partial charge on any atom is 0.0579 e. The van der Waals surface area contributed by atoms with E-state index in [-0.39, 0.29) is 0 Å². The quantitative estimate of drug-likeness (QED) is 0.750. The average Bonchev–Trinajstić information content (AvgIpc) is 2.59. The van der Waals surface area contributed by atoms with Gasteiger partial charge in [-0.05, 0) is 37.5 Å². The molecule has 3 nitrogen and oxygen atoms in total. The Labute approximate surface area is 91.9 Å². The summed E-state index contributed by atoms with van der Waals surface area (Å²) in [5.41, 5.74) is 5.74. The minimum Gasteiger partial charge on any atom is -0.378 e. The molecule has 86 valence electrons. The lowest BCUT2D eigenvalue weighted by Gasteiger charge is -2.43. The van der Waals surface area contributed by atoms with Gasteiger partial charge in [-0.15, -0.1) is 0 Å². The second-order valence-corrected chi connectivity index (χ2v) is 5.46. The minimum absolute atomic E-state index is 0.605. The zero-order valence-electron chi connectivity index (χ0n) is 9.40. The molecule has 2 N–H and O–H groups in total. The Morgan fingerprint density at radius 1 is 1.27 bits per heavy atom. The van der Waals surface area contributed by atoms with Crippen LogP contribution in [-0.4, -0.2) is 43.3 Å². The molecule has 0 aromatic carbocycles. The number of nitrogens with zero attached hydrogens (tertiary/aromatic N) is 1. The summed E-state index contributed by atoms with van der Waals surface area (Å²) in [7, 11) is 0. The Kier molecular flexibility index (Phi) is 2.71. The van der Waals surface area contributed by atoms with Crippen LogP contribution in [0.2, 0.25) is 0 Å². The van der Waals surface area contributed by atoms with Crippen LogP contribution in [-0.2, 0) is 4.74 Å². The fourth-order valence-electron chi connectivity index (χ4n) is 3.44. The molecule has 4 unspecified atom stereocenters. The Hall–Kier alpha value is -0.120. The van der Waals surface area contributed by atoms with Gasteiger partial charge in [-0.25, -0.2) is 0 Å². The molecule has 3 heteroatoms. The SMILES string of the molecule is NCC1CCN1CC1CCC2CC1CO2. The fraction of sp³-hybridized carbons (Fsp3) is 1.00. The van der Waals surface area contributed by atoms with Gasteiger partial charge in [-0.1, -0.05) is 0 Å². The van der Waals surface area contributed by atoms with Gasteiger partial charge in [0.1, 0.15) is 0 Å². The van der Waals surface area contributed by atoms with E-state index in [2.05, 4.69) is 4.90 Å². The van der Waals surface area contributed by atoms with Crippen LogP contribution in [0.5, 0.6) is 0 Å². The number of hydrogen-bond donors (Lipinski definition) is 1. The third-order valence-electron chi connectivity index (χ3n) is 4.64. The number of likely N-dealkylation sites (tertiary alicyclic amines) is 1. The highest BCUT2D eigenvalue weighted by Gasteiger charge is 2.39. The van der Waals surface area contributed by atoms with Gasteiger partial charge in [-0.2, -0.15) is 0 Å². The van der Waals surface area contributed by atoms with Crippen molar-refractivity contribution in [2.75, 3.05) is 26.2 Å². The molecule has 0 amide bonds. The van der Waals surface area contributed by atoms with Gasteiger partial charge in [0.05, 0.1) is 12.7 Å². The highest BCUT2D eigenvalue weighted by molar-refractivity contribution is 4.91. The predicted molar refractivity (Wildman–Crippen MR) is 59.6 cm³/mol. The molecule has 0 aromatic heterocycles. The van der Waals surface area contributed by atoms with Crippen LogP contribution in [0.4, 0.5) is 0 Å². The monoisotopic (exact) mass is 210 g/mol. The first-order valence-electron chi connectivity index (χ1n) is 6.42. The van der Waals surface area contributed by atoms with E-state index in [4.69, 9.17) is 10.5 Å². The molecule has 1 aliphatic carbocycles. The molecule has 3 rings (SSSR count). The first-order chi connectivity index (χ1) is 7.36. The molecular formula is C12H22N2O. The van der Waals surface area contributed by atoms with Gasteiger partial charge in [0.15, 0.2) is 0 Å². The third-order valence-corrected chi connectivity index (χ3v) is 4.64. The summed E-state index contributed by atoms with van der Waals surface area (Å²) < 4.78 is 5.75. The topological polar surface area (TPSA) is 38.5 Å². The number of hydrogen-bond acceptors (Lipinski definition) is 3. The van der Waals surface area contributed by atoms with E-state index in [1.165, 1.54) is 38.8 Å². The first kappa shape index (κ1) is 10.1. The van der Waals surface area contributed by atoms with Crippen molar-refractivity contribution in [2.45, 2.75) is 37.8 Å². The number of nitrogens with two attached hydrogens (primary N) is 1. The summed E-state index contributed by atoms with van der Waals surface area (Å²) in [6, 6.07) is 0.685. The number of fused-ring (bicyclic) bond motifs is 2. The van der Waals surface area contributed by atoms with Gasteiger partial charge < -0.3 is 10.5 Å². The van der Waals surface area contributed by atoms with Crippen LogP contribution in [0.1, 0.15) is 25.7 Å². The Morgan fingerprint density at radius 3 is 2.93 bits per heavy atom. The number of rotatable bonds is 3. The molecule has 0 spiro atoms. The highest BCUT2D eigenvalue weighted by Crippen LogP contribution is 2.38. The molecule has 3 aliphatic rings. The molecule has 0 radical (unpaired) electrons. The fourth-order valence-corrected chi connectivity index (χ4v) is 3.44. The van der Waals surface area contributed by atoms with Crippen molar-refractivity contribution in [1.29, 1.82) is 0 Å². The molecular weight excluding hydrogens is 188 g/mol. The average molecular weight is 210 g/mol. The van der Waals surface area contributed by atoms with E-state index in [0.29, 0.717) is 12.1 Å². The van der Waals surface area contributed by atoms with Crippen LogP contribution in [0.3, 0.4) is 0 Å². The normalized spacial score (nSPS) is 45.4. The molecule has 1 saturated carbocycles. The second-order valence-electron chi connectivity index (χ2n) is 5.46.